The van der Waals surface area contributed by atoms with Crippen LogP contribution in [0.1, 0.15) is 6.92 Å². The van der Waals surface area contributed by atoms with Gasteiger partial charge in [-0.05, 0) is 37.3 Å². The van der Waals surface area contributed by atoms with Crippen LogP contribution in [0.4, 0.5) is 11.4 Å². The van der Waals surface area contributed by atoms with Gasteiger partial charge in [-0.25, -0.2) is 8.42 Å². The van der Waals surface area contributed by atoms with Crippen LogP contribution >= 0.6 is 0 Å². The Hall–Kier alpha value is -2.54. The molecule has 0 radical (unpaired) electrons. The van der Waals surface area contributed by atoms with Crippen LogP contribution in [0.5, 0.6) is 5.75 Å². The van der Waals surface area contributed by atoms with Gasteiger partial charge in [-0.2, -0.15) is 0 Å². The van der Waals surface area contributed by atoms with E-state index >= 15 is 0 Å². The molecule has 0 bridgehead atoms. The van der Waals surface area contributed by atoms with Crippen molar-refractivity contribution in [2.45, 2.75) is 17.9 Å². The SMILES string of the molecule is C[C@H]1Oc2ccc(S(=O)(=O)N(C)c3ccccc3)cc2NC1=O. The molecule has 1 N–H and O–H groups in total. The molecule has 1 amide bonds. The van der Waals surface area contributed by atoms with E-state index < -0.39 is 16.1 Å². The van der Waals surface area contributed by atoms with Crippen molar-refractivity contribution in [3.05, 3.63) is 48.5 Å². The highest BCUT2D eigenvalue weighted by Crippen LogP contribution is 2.33. The average molecular weight is 332 g/mol. The summed E-state index contributed by atoms with van der Waals surface area (Å²) in [6.45, 7) is 1.63. The molecule has 0 fully saturated rings. The second kappa shape index (κ2) is 5.58. The zero-order chi connectivity index (χ0) is 16.6. The summed E-state index contributed by atoms with van der Waals surface area (Å²) in [5, 5.41) is 2.65. The van der Waals surface area contributed by atoms with Crippen molar-refractivity contribution in [1.29, 1.82) is 0 Å². The van der Waals surface area contributed by atoms with E-state index in [1.165, 1.54) is 23.5 Å². The number of nitrogens with zero attached hydrogens (tertiary/aromatic N) is 1. The Morgan fingerprint density at radius 2 is 1.83 bits per heavy atom. The fraction of sp³-hybridized carbons (Fsp3) is 0.188. The first-order chi connectivity index (χ1) is 10.9. The number of amides is 1. The molecule has 23 heavy (non-hydrogen) atoms. The summed E-state index contributed by atoms with van der Waals surface area (Å²) in [4.78, 5) is 11.8. The minimum absolute atomic E-state index is 0.0843. The first kappa shape index (κ1) is 15.4. The summed E-state index contributed by atoms with van der Waals surface area (Å²) >= 11 is 0. The molecule has 6 nitrogen and oxygen atoms in total. The first-order valence-electron chi connectivity index (χ1n) is 7.05. The minimum Gasteiger partial charge on any atom is -0.479 e. The van der Waals surface area contributed by atoms with Crippen LogP contribution in [-0.4, -0.2) is 27.5 Å². The van der Waals surface area contributed by atoms with Gasteiger partial charge in [0.2, 0.25) is 0 Å². The second-order valence-electron chi connectivity index (χ2n) is 5.22. The van der Waals surface area contributed by atoms with Gasteiger partial charge >= 0.3 is 0 Å². The summed E-state index contributed by atoms with van der Waals surface area (Å²) in [6.07, 6.45) is -0.600. The van der Waals surface area contributed by atoms with Gasteiger partial charge in [0, 0.05) is 7.05 Å². The van der Waals surface area contributed by atoms with Gasteiger partial charge in [-0.3, -0.25) is 9.10 Å². The minimum atomic E-state index is -3.73. The number of carbonyl (C=O) groups excluding carboxylic acids is 1. The molecule has 2 aromatic rings. The molecular weight excluding hydrogens is 316 g/mol. The van der Waals surface area contributed by atoms with Crippen LogP contribution < -0.4 is 14.4 Å². The van der Waals surface area contributed by atoms with Crippen molar-refractivity contribution in [2.75, 3.05) is 16.7 Å². The lowest BCUT2D eigenvalue weighted by atomic mass is 10.2. The fourth-order valence-electron chi connectivity index (χ4n) is 2.28. The van der Waals surface area contributed by atoms with Gasteiger partial charge in [0.15, 0.2) is 6.10 Å². The predicted octanol–water partition coefficient (Wildman–Crippen LogP) is 2.23. The lowest BCUT2D eigenvalue weighted by Gasteiger charge is -2.25. The fourth-order valence-corrected chi connectivity index (χ4v) is 3.51. The molecule has 0 aromatic heterocycles. The van der Waals surface area contributed by atoms with Gasteiger partial charge in [0.25, 0.3) is 15.9 Å². The van der Waals surface area contributed by atoms with E-state index in [0.717, 1.165) is 0 Å². The third-order valence-electron chi connectivity index (χ3n) is 3.66. The molecule has 0 spiro atoms. The molecule has 3 rings (SSSR count). The maximum Gasteiger partial charge on any atom is 0.265 e. The Morgan fingerprint density at radius 3 is 2.52 bits per heavy atom. The maximum absolute atomic E-state index is 12.7. The first-order valence-corrected chi connectivity index (χ1v) is 8.49. The molecule has 0 saturated heterocycles. The topological polar surface area (TPSA) is 75.7 Å². The zero-order valence-corrected chi connectivity index (χ0v) is 13.5. The van der Waals surface area contributed by atoms with Crippen LogP contribution in [0, 0.1) is 0 Å². The highest BCUT2D eigenvalue weighted by Gasteiger charge is 2.27. The average Bonchev–Trinajstić information content (AvgIpc) is 2.55. The van der Waals surface area contributed by atoms with E-state index in [-0.39, 0.29) is 10.8 Å². The van der Waals surface area contributed by atoms with Crippen LogP contribution in [0.2, 0.25) is 0 Å². The number of hydrogen-bond donors (Lipinski definition) is 1. The summed E-state index contributed by atoms with van der Waals surface area (Å²) in [5.74, 6) is 0.155. The number of fused-ring (bicyclic) bond motifs is 1. The Labute approximate surface area is 134 Å². The van der Waals surface area contributed by atoms with E-state index in [0.29, 0.717) is 17.1 Å². The number of ether oxygens (including phenoxy) is 1. The quantitative estimate of drug-likeness (QED) is 0.935. The number of hydrogen-bond acceptors (Lipinski definition) is 4. The molecule has 0 unspecified atom stereocenters. The number of sulfonamides is 1. The van der Waals surface area contributed by atoms with Crippen molar-refractivity contribution in [2.24, 2.45) is 0 Å². The van der Waals surface area contributed by atoms with Crippen LogP contribution in [0.25, 0.3) is 0 Å². The molecule has 1 aliphatic rings. The molecular formula is C16H16N2O4S. The molecule has 1 atom stereocenters. The van der Waals surface area contributed by atoms with E-state index in [4.69, 9.17) is 4.74 Å². The van der Waals surface area contributed by atoms with Gasteiger partial charge in [-0.1, -0.05) is 18.2 Å². The highest BCUT2D eigenvalue weighted by molar-refractivity contribution is 7.92. The van der Waals surface area contributed by atoms with Crippen molar-refractivity contribution < 1.29 is 17.9 Å². The summed E-state index contributed by atoms with van der Waals surface area (Å²) < 4.78 is 32.1. The molecule has 0 aliphatic carbocycles. The number of para-hydroxylation sites is 1. The van der Waals surface area contributed by atoms with Crippen molar-refractivity contribution >= 4 is 27.3 Å². The van der Waals surface area contributed by atoms with Gasteiger partial charge < -0.3 is 10.1 Å². The Balaban J connectivity index is 1.98. The molecule has 7 heteroatoms. The van der Waals surface area contributed by atoms with Crippen LogP contribution in [0.3, 0.4) is 0 Å². The standard InChI is InChI=1S/C16H16N2O4S/c1-11-16(19)17-14-10-13(8-9-15(14)22-11)23(20,21)18(2)12-6-4-3-5-7-12/h3-11H,1-2H3,(H,17,19)/t11-/m1/s1. The highest BCUT2D eigenvalue weighted by atomic mass is 32.2. The van der Waals surface area contributed by atoms with E-state index in [2.05, 4.69) is 5.32 Å². The molecule has 0 saturated carbocycles. The van der Waals surface area contributed by atoms with Crippen LogP contribution in [0.15, 0.2) is 53.4 Å². The summed E-state index contributed by atoms with van der Waals surface area (Å²) in [5.41, 5.74) is 0.912. The van der Waals surface area contributed by atoms with Crippen molar-refractivity contribution in [3.63, 3.8) is 0 Å². The largest absolute Gasteiger partial charge is 0.479 e. The Morgan fingerprint density at radius 1 is 1.13 bits per heavy atom. The Kier molecular flexibility index (Phi) is 3.73. The van der Waals surface area contributed by atoms with Gasteiger partial charge in [0.1, 0.15) is 5.75 Å². The second-order valence-corrected chi connectivity index (χ2v) is 7.18. The predicted molar refractivity (Wildman–Crippen MR) is 87.2 cm³/mol. The third kappa shape index (κ3) is 2.75. The summed E-state index contributed by atoms with van der Waals surface area (Å²) in [7, 11) is -2.24. The number of nitrogens with one attached hydrogen (secondary N) is 1. The third-order valence-corrected chi connectivity index (χ3v) is 5.44. The number of benzene rings is 2. The summed E-state index contributed by atoms with van der Waals surface area (Å²) in [6, 6.07) is 13.2. The lowest BCUT2D eigenvalue weighted by molar-refractivity contribution is -0.122. The van der Waals surface area contributed by atoms with E-state index in [1.54, 1.807) is 37.3 Å². The van der Waals surface area contributed by atoms with Crippen LogP contribution in [-0.2, 0) is 14.8 Å². The number of anilines is 2. The number of carbonyl (C=O) groups is 1. The van der Waals surface area contributed by atoms with E-state index in [1.807, 2.05) is 6.07 Å². The van der Waals surface area contributed by atoms with Gasteiger partial charge in [-0.15, -0.1) is 0 Å². The molecule has 1 heterocycles. The Bertz CT molecular complexity index is 850. The molecule has 1 aliphatic heterocycles. The zero-order valence-electron chi connectivity index (χ0n) is 12.7. The normalized spacial score (nSPS) is 17.0. The van der Waals surface area contributed by atoms with E-state index in [9.17, 15) is 13.2 Å². The van der Waals surface area contributed by atoms with Crippen molar-refractivity contribution in [3.8, 4) is 5.75 Å². The lowest BCUT2D eigenvalue weighted by Crippen LogP contribution is -2.34. The molecule has 2 aromatic carbocycles. The maximum atomic E-state index is 12.7. The molecule has 120 valence electrons. The number of rotatable bonds is 3. The van der Waals surface area contributed by atoms with Gasteiger partial charge in [0.05, 0.1) is 16.3 Å². The van der Waals surface area contributed by atoms with Crippen molar-refractivity contribution in [1.82, 2.24) is 0 Å². The smallest absolute Gasteiger partial charge is 0.265 e. The monoisotopic (exact) mass is 332 g/mol.